The molecule has 0 radical (unpaired) electrons. The zero-order valence-electron chi connectivity index (χ0n) is 16.9. The fourth-order valence-corrected chi connectivity index (χ4v) is 4.18. The lowest BCUT2D eigenvalue weighted by molar-refractivity contribution is 0.0911. The normalized spacial score (nSPS) is 19.1. The van der Waals surface area contributed by atoms with Crippen LogP contribution in [-0.4, -0.2) is 23.6 Å². The lowest BCUT2D eigenvalue weighted by atomic mass is 9.86. The molecular formula is C24H26N2O3. The Morgan fingerprint density at radius 2 is 1.72 bits per heavy atom. The number of hydrogen-bond donors (Lipinski definition) is 1. The van der Waals surface area contributed by atoms with E-state index < -0.39 is 0 Å². The van der Waals surface area contributed by atoms with E-state index in [1.807, 2.05) is 30.3 Å². The summed E-state index contributed by atoms with van der Waals surface area (Å²) in [7, 11) is 1.60. The first-order valence-corrected chi connectivity index (χ1v) is 10.2. The highest BCUT2D eigenvalue weighted by molar-refractivity contribution is 6.06. The zero-order chi connectivity index (χ0) is 20.4. The van der Waals surface area contributed by atoms with Crippen LogP contribution in [0, 0.1) is 5.92 Å². The van der Waals surface area contributed by atoms with Crippen molar-refractivity contribution >= 4 is 16.7 Å². The molecule has 5 heteroatoms. The molecule has 1 aliphatic rings. The van der Waals surface area contributed by atoms with Crippen molar-refractivity contribution in [2.24, 2.45) is 5.92 Å². The number of nitrogens with zero attached hydrogens (tertiary/aromatic N) is 1. The molecule has 1 saturated carbocycles. The molecule has 4 rings (SSSR count). The van der Waals surface area contributed by atoms with E-state index in [2.05, 4.69) is 12.2 Å². The molecule has 2 aromatic carbocycles. The van der Waals surface area contributed by atoms with E-state index in [9.17, 15) is 9.59 Å². The van der Waals surface area contributed by atoms with E-state index in [0.717, 1.165) is 19.3 Å². The Kier molecular flexibility index (Phi) is 5.38. The molecule has 1 aliphatic carbocycles. The number of amides is 1. The quantitative estimate of drug-likeness (QED) is 0.722. The summed E-state index contributed by atoms with van der Waals surface area (Å²) in [4.78, 5) is 26.3. The monoisotopic (exact) mass is 390 g/mol. The van der Waals surface area contributed by atoms with E-state index in [-0.39, 0.29) is 17.5 Å². The van der Waals surface area contributed by atoms with Crippen LogP contribution in [0.4, 0.5) is 0 Å². The van der Waals surface area contributed by atoms with Gasteiger partial charge < -0.3 is 10.1 Å². The lowest BCUT2D eigenvalue weighted by Crippen LogP contribution is -2.41. The van der Waals surface area contributed by atoms with E-state index in [1.165, 1.54) is 6.42 Å². The summed E-state index contributed by atoms with van der Waals surface area (Å²) in [6, 6.07) is 14.7. The molecule has 0 unspecified atom stereocenters. The molecule has 1 fully saturated rings. The molecule has 0 bridgehead atoms. The number of methoxy groups -OCH3 is 1. The second kappa shape index (κ2) is 8.11. The van der Waals surface area contributed by atoms with Crippen molar-refractivity contribution in [2.45, 2.75) is 38.6 Å². The van der Waals surface area contributed by atoms with Gasteiger partial charge in [0.25, 0.3) is 11.5 Å². The van der Waals surface area contributed by atoms with Gasteiger partial charge in [-0.2, -0.15) is 0 Å². The second-order valence-corrected chi connectivity index (χ2v) is 7.80. The van der Waals surface area contributed by atoms with Crippen molar-refractivity contribution < 1.29 is 9.53 Å². The molecule has 0 aliphatic heterocycles. The Labute approximate surface area is 170 Å². The fraction of sp³-hybridized carbons (Fsp3) is 0.333. The maximum absolute atomic E-state index is 13.2. The standard InChI is InChI=1S/C24H26N2O3/c1-16-7-3-6-10-22(16)25-23(27)21-15-26(17-11-13-18(29-2)14-12-17)24(28)20-9-5-4-8-19(20)21/h4-5,8-9,11-16,22H,3,6-7,10H2,1-2H3,(H,25,27)/t16-,22+/m1/s1. The smallest absolute Gasteiger partial charge is 0.262 e. The van der Waals surface area contributed by atoms with Gasteiger partial charge >= 0.3 is 0 Å². The van der Waals surface area contributed by atoms with Gasteiger partial charge in [-0.3, -0.25) is 14.2 Å². The fourth-order valence-electron chi connectivity index (χ4n) is 4.18. The van der Waals surface area contributed by atoms with Gasteiger partial charge in [-0.15, -0.1) is 0 Å². The van der Waals surface area contributed by atoms with Gasteiger partial charge in [0.1, 0.15) is 5.75 Å². The molecule has 3 aromatic rings. The molecule has 29 heavy (non-hydrogen) atoms. The molecule has 2 atom stereocenters. The summed E-state index contributed by atoms with van der Waals surface area (Å²) in [6.07, 6.45) is 6.16. The summed E-state index contributed by atoms with van der Waals surface area (Å²) in [5, 5.41) is 4.44. The maximum atomic E-state index is 13.2. The third kappa shape index (κ3) is 3.77. The van der Waals surface area contributed by atoms with Crippen molar-refractivity contribution in [1.82, 2.24) is 9.88 Å². The maximum Gasteiger partial charge on any atom is 0.262 e. The van der Waals surface area contributed by atoms with Crippen molar-refractivity contribution in [3.05, 3.63) is 70.6 Å². The van der Waals surface area contributed by atoms with Crippen LogP contribution in [-0.2, 0) is 0 Å². The van der Waals surface area contributed by atoms with Gasteiger partial charge in [0.05, 0.1) is 12.7 Å². The van der Waals surface area contributed by atoms with Crippen LogP contribution >= 0.6 is 0 Å². The minimum Gasteiger partial charge on any atom is -0.497 e. The SMILES string of the molecule is COc1ccc(-n2cc(C(=O)N[C@H]3CCCC[C@H]3C)c3ccccc3c2=O)cc1. The van der Waals surface area contributed by atoms with E-state index >= 15 is 0 Å². The third-order valence-corrected chi connectivity index (χ3v) is 5.95. The Morgan fingerprint density at radius 1 is 1.03 bits per heavy atom. The molecule has 1 N–H and O–H groups in total. The van der Waals surface area contributed by atoms with Gasteiger partial charge in [-0.25, -0.2) is 0 Å². The minimum atomic E-state index is -0.145. The molecule has 1 amide bonds. The summed E-state index contributed by atoms with van der Waals surface area (Å²) < 4.78 is 6.75. The van der Waals surface area contributed by atoms with Crippen molar-refractivity contribution in [1.29, 1.82) is 0 Å². The number of nitrogens with one attached hydrogen (secondary N) is 1. The number of aromatic nitrogens is 1. The summed E-state index contributed by atoms with van der Waals surface area (Å²) in [6.45, 7) is 2.19. The summed E-state index contributed by atoms with van der Waals surface area (Å²) in [5.41, 5.74) is 1.07. The topological polar surface area (TPSA) is 60.3 Å². The van der Waals surface area contributed by atoms with E-state index in [1.54, 1.807) is 36.1 Å². The first-order chi connectivity index (χ1) is 14.1. The molecular weight excluding hydrogens is 364 g/mol. The zero-order valence-corrected chi connectivity index (χ0v) is 16.9. The number of pyridine rings is 1. The predicted octanol–water partition coefficient (Wildman–Crippen LogP) is 4.31. The van der Waals surface area contributed by atoms with Crippen LogP contribution < -0.4 is 15.6 Å². The summed E-state index contributed by atoms with van der Waals surface area (Å²) >= 11 is 0. The van der Waals surface area contributed by atoms with Crippen molar-refractivity contribution in [3.8, 4) is 11.4 Å². The largest absolute Gasteiger partial charge is 0.497 e. The highest BCUT2D eigenvalue weighted by Gasteiger charge is 2.24. The number of fused-ring (bicyclic) bond motifs is 1. The Morgan fingerprint density at radius 3 is 2.41 bits per heavy atom. The average Bonchev–Trinajstić information content (AvgIpc) is 2.76. The van der Waals surface area contributed by atoms with Gasteiger partial charge in [0.2, 0.25) is 0 Å². The number of benzene rings is 2. The molecule has 150 valence electrons. The number of rotatable bonds is 4. The van der Waals surface area contributed by atoms with E-state index in [4.69, 9.17) is 4.74 Å². The van der Waals surface area contributed by atoms with Crippen LogP contribution in [0.1, 0.15) is 43.0 Å². The predicted molar refractivity (Wildman–Crippen MR) is 115 cm³/mol. The van der Waals surface area contributed by atoms with Crippen LogP contribution in [0.3, 0.4) is 0 Å². The van der Waals surface area contributed by atoms with Crippen molar-refractivity contribution in [2.75, 3.05) is 7.11 Å². The first kappa shape index (κ1) is 19.2. The molecule has 0 spiro atoms. The molecule has 1 heterocycles. The second-order valence-electron chi connectivity index (χ2n) is 7.80. The van der Waals surface area contributed by atoms with Gasteiger partial charge in [0, 0.05) is 28.7 Å². The van der Waals surface area contributed by atoms with Crippen LogP contribution in [0.5, 0.6) is 5.75 Å². The Balaban J connectivity index is 1.79. The van der Waals surface area contributed by atoms with Gasteiger partial charge in [-0.1, -0.05) is 38.0 Å². The molecule has 1 aromatic heterocycles. The van der Waals surface area contributed by atoms with Crippen LogP contribution in [0.15, 0.2) is 59.5 Å². The third-order valence-electron chi connectivity index (χ3n) is 5.95. The summed E-state index contributed by atoms with van der Waals surface area (Å²) in [5.74, 6) is 1.06. The Hall–Kier alpha value is -3.08. The number of hydrogen-bond acceptors (Lipinski definition) is 3. The number of carbonyl (C=O) groups excluding carboxylic acids is 1. The van der Waals surface area contributed by atoms with E-state index in [0.29, 0.717) is 33.7 Å². The first-order valence-electron chi connectivity index (χ1n) is 10.2. The molecule has 5 nitrogen and oxygen atoms in total. The van der Waals surface area contributed by atoms with Crippen molar-refractivity contribution in [3.63, 3.8) is 0 Å². The number of carbonyl (C=O) groups is 1. The highest BCUT2D eigenvalue weighted by Crippen LogP contribution is 2.25. The van der Waals surface area contributed by atoms with Crippen LogP contribution in [0.25, 0.3) is 16.5 Å². The van der Waals surface area contributed by atoms with Crippen LogP contribution in [0.2, 0.25) is 0 Å². The molecule has 0 saturated heterocycles. The Bertz CT molecular complexity index is 1090. The number of ether oxygens (including phenoxy) is 1. The van der Waals surface area contributed by atoms with Gasteiger partial charge in [0.15, 0.2) is 0 Å². The highest BCUT2D eigenvalue weighted by atomic mass is 16.5. The minimum absolute atomic E-state index is 0.123. The van der Waals surface area contributed by atoms with Gasteiger partial charge in [-0.05, 0) is 49.1 Å². The lowest BCUT2D eigenvalue weighted by Gasteiger charge is -2.29. The average molecular weight is 390 g/mol.